The smallest absolute Gasteiger partial charge is 0.410 e. The summed E-state index contributed by atoms with van der Waals surface area (Å²) in [5.41, 5.74) is 5.14. The van der Waals surface area contributed by atoms with E-state index >= 15 is 0 Å². The van der Waals surface area contributed by atoms with Crippen LogP contribution in [-0.2, 0) is 11.3 Å². The third kappa shape index (κ3) is 4.84. The summed E-state index contributed by atoms with van der Waals surface area (Å²) < 4.78 is 6.79. The third-order valence-electron chi connectivity index (χ3n) is 7.09. The highest BCUT2D eigenvalue weighted by Gasteiger charge is 2.35. The first-order valence-corrected chi connectivity index (χ1v) is 13.5. The lowest BCUT2D eigenvalue weighted by atomic mass is 10.1. The molecule has 1 aromatic carbocycles. The van der Waals surface area contributed by atoms with Crippen molar-refractivity contribution in [2.24, 2.45) is 0 Å². The van der Waals surface area contributed by atoms with Gasteiger partial charge < -0.3 is 19.9 Å². The van der Waals surface area contributed by atoms with Crippen molar-refractivity contribution in [1.29, 1.82) is 0 Å². The van der Waals surface area contributed by atoms with E-state index in [-0.39, 0.29) is 18.2 Å². The molecule has 1 amide bonds. The Bertz CT molecular complexity index is 1430. The SMILES string of the molecule is CC.COC(=O)N1C(C)CN(c2nc(NCc3nc4ccc(C)cc4[nH]3)n3ncc(C4CC4)c3n2)CC1C. The summed E-state index contributed by atoms with van der Waals surface area (Å²) in [4.78, 5) is 34.2. The molecule has 3 aromatic heterocycles. The maximum atomic E-state index is 12.3. The Hall–Kier alpha value is -3.89. The van der Waals surface area contributed by atoms with Gasteiger partial charge in [-0.15, -0.1) is 0 Å². The maximum Gasteiger partial charge on any atom is 0.410 e. The van der Waals surface area contributed by atoms with Crippen LogP contribution in [0.2, 0.25) is 0 Å². The second-order valence-electron chi connectivity index (χ2n) is 9.99. The minimum absolute atomic E-state index is 0.0377. The second-order valence-corrected chi connectivity index (χ2v) is 9.99. The van der Waals surface area contributed by atoms with E-state index in [0.29, 0.717) is 37.4 Å². The molecule has 4 aromatic rings. The predicted octanol–water partition coefficient (Wildman–Crippen LogP) is 4.49. The molecule has 38 heavy (non-hydrogen) atoms. The van der Waals surface area contributed by atoms with Crippen LogP contribution in [0.4, 0.5) is 16.7 Å². The molecule has 2 unspecified atom stereocenters. The molecule has 0 radical (unpaired) electrons. The molecule has 1 aliphatic heterocycles. The molecule has 2 aliphatic rings. The number of nitrogens with one attached hydrogen (secondary N) is 2. The van der Waals surface area contributed by atoms with Gasteiger partial charge >= 0.3 is 6.09 Å². The molecule has 0 bridgehead atoms. The number of nitrogens with zero attached hydrogens (tertiary/aromatic N) is 7. The van der Waals surface area contributed by atoms with Crippen LogP contribution in [0.25, 0.3) is 16.7 Å². The van der Waals surface area contributed by atoms with Crippen molar-refractivity contribution < 1.29 is 9.53 Å². The van der Waals surface area contributed by atoms with E-state index in [0.717, 1.165) is 40.9 Å². The minimum atomic E-state index is -0.304. The van der Waals surface area contributed by atoms with Crippen LogP contribution in [0.15, 0.2) is 24.4 Å². The lowest BCUT2D eigenvalue weighted by molar-refractivity contribution is 0.0817. The van der Waals surface area contributed by atoms with Crippen molar-refractivity contribution in [1.82, 2.24) is 34.4 Å². The molecule has 11 nitrogen and oxygen atoms in total. The average Bonchev–Trinajstić information content (AvgIpc) is 3.53. The van der Waals surface area contributed by atoms with E-state index in [9.17, 15) is 4.79 Å². The number of amides is 1. The van der Waals surface area contributed by atoms with Crippen molar-refractivity contribution in [3.63, 3.8) is 0 Å². The number of hydrogen-bond acceptors (Lipinski definition) is 8. The number of carbonyl (C=O) groups excluding carboxylic acids is 1. The highest BCUT2D eigenvalue weighted by atomic mass is 16.5. The van der Waals surface area contributed by atoms with E-state index in [1.807, 2.05) is 40.0 Å². The molecular formula is C27H37N9O2. The maximum absolute atomic E-state index is 12.3. The molecule has 0 spiro atoms. The first-order valence-electron chi connectivity index (χ1n) is 13.5. The highest BCUT2D eigenvalue weighted by Crippen LogP contribution is 2.42. The largest absolute Gasteiger partial charge is 0.453 e. The lowest BCUT2D eigenvalue weighted by Gasteiger charge is -2.43. The number of methoxy groups -OCH3 is 1. The van der Waals surface area contributed by atoms with Gasteiger partial charge in [0.25, 0.3) is 0 Å². The number of aryl methyl sites for hydroxylation is 1. The van der Waals surface area contributed by atoms with E-state index in [2.05, 4.69) is 39.4 Å². The standard InChI is InChI=1S/C25H31N9O2.C2H6/c1-14-5-8-19-20(9-14)29-21(28-19)11-26-23-31-24(30-22-18(17-6-7-17)10-27-34(22)23)32-12-15(2)33(16(3)13-32)25(35)36-4;1-2/h5,8-10,15-17H,6-7,11-13H2,1-4H3,(H,28,29)(H,26,30,31);1-2H3. The number of piperazine rings is 1. The van der Waals surface area contributed by atoms with Gasteiger partial charge in [-0.05, 0) is 57.2 Å². The number of ether oxygens (including phenoxy) is 1. The Kier molecular flexibility index (Phi) is 7.09. The van der Waals surface area contributed by atoms with Crippen molar-refractivity contribution in [2.45, 2.75) is 72.0 Å². The Morgan fingerprint density at radius 1 is 1.13 bits per heavy atom. The van der Waals surface area contributed by atoms with Gasteiger partial charge in [-0.25, -0.2) is 9.78 Å². The van der Waals surface area contributed by atoms with Crippen molar-refractivity contribution >= 4 is 34.7 Å². The zero-order valence-corrected chi connectivity index (χ0v) is 23.0. The van der Waals surface area contributed by atoms with Gasteiger partial charge in [0.05, 0.1) is 43.0 Å². The van der Waals surface area contributed by atoms with Crippen LogP contribution < -0.4 is 10.2 Å². The van der Waals surface area contributed by atoms with Crippen LogP contribution in [0.3, 0.4) is 0 Å². The Balaban J connectivity index is 0.00000144. The first kappa shape index (κ1) is 25.7. The number of imidazole rings is 1. The molecule has 2 atom stereocenters. The van der Waals surface area contributed by atoms with Gasteiger partial charge in [0.2, 0.25) is 11.9 Å². The zero-order valence-electron chi connectivity index (χ0n) is 23.0. The highest BCUT2D eigenvalue weighted by molar-refractivity contribution is 5.75. The summed E-state index contributed by atoms with van der Waals surface area (Å²) >= 11 is 0. The summed E-state index contributed by atoms with van der Waals surface area (Å²) in [6.45, 7) is 11.8. The number of hydrogen-bond donors (Lipinski definition) is 2. The van der Waals surface area contributed by atoms with Gasteiger partial charge in [-0.3, -0.25) is 4.90 Å². The Morgan fingerprint density at radius 2 is 1.87 bits per heavy atom. The summed E-state index contributed by atoms with van der Waals surface area (Å²) in [6.07, 6.45) is 3.93. The molecule has 2 N–H and O–H groups in total. The lowest BCUT2D eigenvalue weighted by Crippen LogP contribution is -2.59. The number of H-pyrrole nitrogens is 1. The van der Waals surface area contributed by atoms with Crippen LogP contribution in [-0.4, -0.2) is 72.8 Å². The van der Waals surface area contributed by atoms with Crippen molar-refractivity contribution in [2.75, 3.05) is 30.4 Å². The third-order valence-corrected chi connectivity index (χ3v) is 7.09. The molecule has 4 heterocycles. The second kappa shape index (κ2) is 10.5. The fourth-order valence-electron chi connectivity index (χ4n) is 5.20. The average molecular weight is 520 g/mol. The number of rotatable bonds is 5. The molecule has 202 valence electrons. The summed E-state index contributed by atoms with van der Waals surface area (Å²) in [7, 11) is 1.42. The van der Waals surface area contributed by atoms with E-state index in [4.69, 9.17) is 19.7 Å². The first-order chi connectivity index (χ1) is 18.4. The van der Waals surface area contributed by atoms with Crippen molar-refractivity contribution in [3.05, 3.63) is 41.3 Å². The number of fused-ring (bicyclic) bond motifs is 2. The molecule has 1 aliphatic carbocycles. The summed E-state index contributed by atoms with van der Waals surface area (Å²) in [6, 6.07) is 6.11. The quantitative estimate of drug-likeness (QED) is 0.396. The fourth-order valence-corrected chi connectivity index (χ4v) is 5.20. The number of anilines is 2. The Labute approximate surface area is 222 Å². The molecule has 2 fully saturated rings. The monoisotopic (exact) mass is 519 g/mol. The van der Waals surface area contributed by atoms with Crippen molar-refractivity contribution in [3.8, 4) is 0 Å². The van der Waals surface area contributed by atoms with Gasteiger partial charge in [0.15, 0.2) is 5.65 Å². The van der Waals surface area contributed by atoms with E-state index in [1.165, 1.54) is 12.7 Å². The number of aromatic nitrogens is 6. The van der Waals surface area contributed by atoms with Gasteiger partial charge in [0, 0.05) is 18.7 Å². The van der Waals surface area contributed by atoms with Gasteiger partial charge in [0.1, 0.15) is 5.82 Å². The van der Waals surface area contributed by atoms with Crippen LogP contribution in [0.1, 0.15) is 63.4 Å². The minimum Gasteiger partial charge on any atom is -0.453 e. The normalized spacial score (nSPS) is 19.4. The predicted molar refractivity (Wildman–Crippen MR) is 148 cm³/mol. The summed E-state index contributed by atoms with van der Waals surface area (Å²) in [5, 5.41) is 8.05. The molecule has 6 rings (SSSR count). The molecular weight excluding hydrogens is 482 g/mol. The topological polar surface area (TPSA) is 117 Å². The molecule has 11 heteroatoms. The van der Waals surface area contributed by atoms with E-state index < -0.39 is 0 Å². The van der Waals surface area contributed by atoms with E-state index in [1.54, 1.807) is 9.42 Å². The number of benzene rings is 1. The van der Waals surface area contributed by atoms with Gasteiger partial charge in [-0.1, -0.05) is 19.9 Å². The number of carbonyl (C=O) groups is 1. The molecule has 1 saturated heterocycles. The van der Waals surface area contributed by atoms with Crippen LogP contribution in [0, 0.1) is 6.92 Å². The zero-order chi connectivity index (χ0) is 27.0. The van der Waals surface area contributed by atoms with Crippen LogP contribution >= 0.6 is 0 Å². The van der Waals surface area contributed by atoms with Gasteiger partial charge in [-0.2, -0.15) is 19.6 Å². The summed E-state index contributed by atoms with van der Waals surface area (Å²) in [5.74, 6) is 2.59. The fraction of sp³-hybridized carbons (Fsp3) is 0.519. The molecule has 1 saturated carbocycles. The number of aromatic amines is 1. The Morgan fingerprint density at radius 3 is 2.55 bits per heavy atom. The van der Waals surface area contributed by atoms with Crippen LogP contribution in [0.5, 0.6) is 0 Å².